The van der Waals surface area contributed by atoms with E-state index in [1.165, 1.54) is 0 Å². The summed E-state index contributed by atoms with van der Waals surface area (Å²) in [6.45, 7) is 0.0316. The zero-order valence-electron chi connectivity index (χ0n) is 8.85. The normalized spacial score (nSPS) is 11.3. The number of amides is 1. The quantitative estimate of drug-likeness (QED) is 0.650. The Labute approximate surface area is 111 Å². The van der Waals surface area contributed by atoms with E-state index in [1.807, 2.05) is 6.07 Å². The van der Waals surface area contributed by atoms with Crippen LogP contribution in [0.5, 0.6) is 0 Å². The van der Waals surface area contributed by atoms with Gasteiger partial charge in [-0.2, -0.15) is 13.2 Å². The lowest BCUT2D eigenvalue weighted by Gasteiger charge is -2.07. The second-order valence-corrected chi connectivity index (χ2v) is 4.73. The third-order valence-corrected chi connectivity index (χ3v) is 2.68. The van der Waals surface area contributed by atoms with E-state index in [4.69, 9.17) is 0 Å². The summed E-state index contributed by atoms with van der Waals surface area (Å²) in [7, 11) is 0. The molecule has 2 nitrogen and oxygen atoms in total. The van der Waals surface area contributed by atoms with Crippen LogP contribution in [0.1, 0.15) is 23.2 Å². The fourth-order valence-corrected chi connectivity index (χ4v) is 1.77. The van der Waals surface area contributed by atoms with Gasteiger partial charge in [0, 0.05) is 22.1 Å². The molecule has 17 heavy (non-hydrogen) atoms. The smallest absolute Gasteiger partial charge is 0.352 e. The van der Waals surface area contributed by atoms with Crippen LogP contribution in [-0.2, 0) is 0 Å². The highest BCUT2D eigenvalue weighted by Crippen LogP contribution is 2.20. The molecule has 0 atom stereocenters. The van der Waals surface area contributed by atoms with Gasteiger partial charge in [0.15, 0.2) is 0 Å². The first kappa shape index (κ1) is 14.3. The zero-order chi connectivity index (χ0) is 12.9. The van der Waals surface area contributed by atoms with Crippen LogP contribution in [0.15, 0.2) is 24.3 Å². The standard InChI is InChI=1S/C11H11F3INO/c12-11(13,14)5-2-6-16-10(17)8-3-1-4-9(15)7-8/h1,3-4,7H,2,5-6H2,(H,16,17). The SMILES string of the molecule is O=C(NCCCC(F)(F)F)c1cccc(I)c1. The highest BCUT2D eigenvalue weighted by Gasteiger charge is 2.25. The van der Waals surface area contributed by atoms with Crippen LogP contribution < -0.4 is 5.32 Å². The van der Waals surface area contributed by atoms with Gasteiger partial charge in [-0.3, -0.25) is 4.79 Å². The molecule has 0 fully saturated rings. The van der Waals surface area contributed by atoms with Crippen LogP contribution in [0.25, 0.3) is 0 Å². The van der Waals surface area contributed by atoms with Crippen molar-refractivity contribution < 1.29 is 18.0 Å². The molecule has 1 amide bonds. The molecule has 6 heteroatoms. The van der Waals surface area contributed by atoms with Crippen molar-refractivity contribution in [3.05, 3.63) is 33.4 Å². The second-order valence-electron chi connectivity index (χ2n) is 3.48. The third-order valence-electron chi connectivity index (χ3n) is 2.01. The van der Waals surface area contributed by atoms with E-state index in [1.54, 1.807) is 18.2 Å². The fourth-order valence-electron chi connectivity index (χ4n) is 1.22. The van der Waals surface area contributed by atoms with Crippen molar-refractivity contribution in [2.45, 2.75) is 19.0 Å². The predicted molar refractivity (Wildman–Crippen MR) is 66.8 cm³/mol. The lowest BCUT2D eigenvalue weighted by atomic mass is 10.2. The van der Waals surface area contributed by atoms with Crippen molar-refractivity contribution in [2.24, 2.45) is 0 Å². The number of carbonyl (C=O) groups is 1. The molecule has 0 saturated heterocycles. The number of hydrogen-bond acceptors (Lipinski definition) is 1. The molecule has 1 aromatic carbocycles. The first-order valence-corrected chi connectivity index (χ1v) is 6.07. The summed E-state index contributed by atoms with van der Waals surface area (Å²) in [6, 6.07) is 6.87. The van der Waals surface area contributed by atoms with Crippen molar-refractivity contribution in [1.29, 1.82) is 0 Å². The van der Waals surface area contributed by atoms with Crippen LogP contribution >= 0.6 is 22.6 Å². The Bertz CT molecular complexity index is 393. The van der Waals surface area contributed by atoms with Crippen molar-refractivity contribution in [1.82, 2.24) is 5.32 Å². The Morgan fingerprint density at radius 3 is 2.65 bits per heavy atom. The Balaban J connectivity index is 2.36. The summed E-state index contributed by atoms with van der Waals surface area (Å²) in [5, 5.41) is 2.46. The number of benzene rings is 1. The molecule has 0 aliphatic carbocycles. The molecule has 94 valence electrons. The van der Waals surface area contributed by atoms with E-state index in [-0.39, 0.29) is 18.9 Å². The minimum Gasteiger partial charge on any atom is -0.352 e. The summed E-state index contributed by atoms with van der Waals surface area (Å²) in [6.07, 6.45) is -5.13. The Kier molecular flexibility index (Phi) is 5.23. The van der Waals surface area contributed by atoms with E-state index >= 15 is 0 Å². The predicted octanol–water partition coefficient (Wildman–Crippen LogP) is 3.36. The largest absolute Gasteiger partial charge is 0.389 e. The van der Waals surface area contributed by atoms with Gasteiger partial charge in [-0.15, -0.1) is 0 Å². The van der Waals surface area contributed by atoms with Crippen molar-refractivity contribution in [2.75, 3.05) is 6.54 Å². The summed E-state index contributed by atoms with van der Waals surface area (Å²) in [5.41, 5.74) is 0.462. The molecule has 0 aromatic heterocycles. The second kappa shape index (κ2) is 6.23. The average Bonchev–Trinajstić information content (AvgIpc) is 2.23. The molecule has 0 unspecified atom stereocenters. The van der Waals surface area contributed by atoms with Crippen molar-refractivity contribution in [3.63, 3.8) is 0 Å². The molecule has 0 spiro atoms. The molecular formula is C11H11F3INO. The van der Waals surface area contributed by atoms with E-state index in [2.05, 4.69) is 27.9 Å². The zero-order valence-corrected chi connectivity index (χ0v) is 11.0. The van der Waals surface area contributed by atoms with Crippen LogP contribution in [0.4, 0.5) is 13.2 Å². The first-order chi connectivity index (χ1) is 7.88. The van der Waals surface area contributed by atoms with Gasteiger partial charge in [0.05, 0.1) is 0 Å². The van der Waals surface area contributed by atoms with Gasteiger partial charge in [0.2, 0.25) is 0 Å². The maximum atomic E-state index is 11.8. The number of alkyl halides is 3. The van der Waals surface area contributed by atoms with Crippen LogP contribution in [-0.4, -0.2) is 18.6 Å². The molecule has 1 rings (SSSR count). The van der Waals surface area contributed by atoms with E-state index in [9.17, 15) is 18.0 Å². The maximum Gasteiger partial charge on any atom is 0.389 e. The van der Waals surface area contributed by atoms with Crippen LogP contribution in [0.3, 0.4) is 0 Å². The summed E-state index contributed by atoms with van der Waals surface area (Å²) < 4.78 is 36.4. The van der Waals surface area contributed by atoms with Gasteiger partial charge in [-0.25, -0.2) is 0 Å². The lowest BCUT2D eigenvalue weighted by Crippen LogP contribution is -2.25. The van der Waals surface area contributed by atoms with Gasteiger partial charge < -0.3 is 5.32 Å². The molecule has 0 bridgehead atoms. The Morgan fingerprint density at radius 1 is 1.35 bits per heavy atom. The van der Waals surface area contributed by atoms with E-state index in [0.717, 1.165) is 3.57 Å². The number of halogens is 4. The maximum absolute atomic E-state index is 11.8. The minimum absolute atomic E-state index is 0.0316. The molecule has 0 aliphatic heterocycles. The third kappa shape index (κ3) is 5.90. The topological polar surface area (TPSA) is 29.1 Å². The van der Waals surface area contributed by atoms with Gasteiger partial charge in [-0.05, 0) is 47.2 Å². The molecule has 0 aliphatic rings. The van der Waals surface area contributed by atoms with Gasteiger partial charge in [0.25, 0.3) is 5.91 Å². The number of carbonyl (C=O) groups excluding carboxylic acids is 1. The highest BCUT2D eigenvalue weighted by molar-refractivity contribution is 14.1. The number of nitrogens with one attached hydrogen (secondary N) is 1. The van der Waals surface area contributed by atoms with Gasteiger partial charge in [0.1, 0.15) is 0 Å². The molecule has 0 heterocycles. The number of rotatable bonds is 4. The fraction of sp³-hybridized carbons (Fsp3) is 0.364. The monoisotopic (exact) mass is 357 g/mol. The van der Waals surface area contributed by atoms with Crippen molar-refractivity contribution in [3.8, 4) is 0 Å². The van der Waals surface area contributed by atoms with E-state index in [0.29, 0.717) is 5.56 Å². The molecular weight excluding hydrogens is 346 g/mol. The summed E-state index contributed by atoms with van der Waals surface area (Å²) in [4.78, 5) is 11.5. The van der Waals surface area contributed by atoms with Crippen LogP contribution in [0, 0.1) is 3.57 Å². The first-order valence-electron chi connectivity index (χ1n) is 4.99. The van der Waals surface area contributed by atoms with Gasteiger partial charge in [-0.1, -0.05) is 6.07 Å². The number of hydrogen-bond donors (Lipinski definition) is 1. The van der Waals surface area contributed by atoms with Gasteiger partial charge >= 0.3 is 6.18 Å². The molecule has 0 saturated carbocycles. The van der Waals surface area contributed by atoms with E-state index < -0.39 is 12.6 Å². The van der Waals surface area contributed by atoms with Crippen molar-refractivity contribution >= 4 is 28.5 Å². The Hall–Kier alpha value is -0.790. The average molecular weight is 357 g/mol. The Morgan fingerprint density at radius 2 is 2.06 bits per heavy atom. The summed E-state index contributed by atoms with van der Waals surface area (Å²) in [5.74, 6) is -0.342. The summed E-state index contributed by atoms with van der Waals surface area (Å²) >= 11 is 2.07. The molecule has 0 radical (unpaired) electrons. The molecule has 1 aromatic rings. The highest BCUT2D eigenvalue weighted by atomic mass is 127. The molecule has 1 N–H and O–H groups in total. The van der Waals surface area contributed by atoms with Crippen LogP contribution in [0.2, 0.25) is 0 Å². The minimum atomic E-state index is -4.16. The lowest BCUT2D eigenvalue weighted by molar-refractivity contribution is -0.135.